The Morgan fingerprint density at radius 1 is 0.926 bits per heavy atom. The van der Waals surface area contributed by atoms with Crippen LogP contribution in [0.4, 0.5) is 0 Å². The molecular weight excluding hydrogens is 340 g/mol. The molecule has 0 aliphatic rings. The van der Waals surface area contributed by atoms with Crippen LogP contribution in [0.25, 0.3) is 6.08 Å². The van der Waals surface area contributed by atoms with Gasteiger partial charge in [-0.05, 0) is 36.8 Å². The first-order chi connectivity index (χ1) is 13.1. The van der Waals surface area contributed by atoms with Gasteiger partial charge < -0.3 is 15.1 Å². The molecule has 0 aliphatic heterocycles. The topological polar surface area (TPSA) is 71.3 Å². The van der Waals surface area contributed by atoms with Gasteiger partial charge in [0, 0.05) is 11.6 Å². The van der Waals surface area contributed by atoms with Crippen LogP contribution in [0.3, 0.4) is 0 Å². The highest BCUT2D eigenvalue weighted by Gasteiger charge is 2.17. The lowest BCUT2D eigenvalue weighted by molar-refractivity contribution is -0.118. The summed E-state index contributed by atoms with van der Waals surface area (Å²) in [7, 11) is 0. The Kier molecular flexibility index (Phi) is 5.84. The molecule has 136 valence electrons. The van der Waals surface area contributed by atoms with Crippen LogP contribution in [0, 0.1) is 0 Å². The number of benzene rings is 2. The summed E-state index contributed by atoms with van der Waals surface area (Å²) in [5.41, 5.74) is 1.55. The van der Waals surface area contributed by atoms with Gasteiger partial charge in [-0.25, -0.2) is 0 Å². The predicted molar refractivity (Wildman–Crippen MR) is 104 cm³/mol. The van der Waals surface area contributed by atoms with Crippen molar-refractivity contribution in [3.63, 3.8) is 0 Å². The Morgan fingerprint density at radius 2 is 1.59 bits per heavy atom. The molecule has 0 bridgehead atoms. The van der Waals surface area contributed by atoms with Crippen LogP contribution in [-0.4, -0.2) is 11.8 Å². The van der Waals surface area contributed by atoms with Crippen LogP contribution >= 0.6 is 0 Å². The van der Waals surface area contributed by atoms with Gasteiger partial charge in [0.25, 0.3) is 11.8 Å². The highest BCUT2D eigenvalue weighted by atomic mass is 16.3. The molecule has 0 saturated heterocycles. The summed E-state index contributed by atoms with van der Waals surface area (Å²) in [6.07, 6.45) is 3.01. The SMILES string of the molecule is CC(NC(=O)/C(=C/c1ccco1)NC(=O)c1ccccc1)c1ccccc1. The highest BCUT2D eigenvalue weighted by molar-refractivity contribution is 6.05. The molecule has 2 N–H and O–H groups in total. The first-order valence-electron chi connectivity index (χ1n) is 8.61. The lowest BCUT2D eigenvalue weighted by atomic mass is 10.1. The molecule has 1 aromatic heterocycles. The minimum absolute atomic E-state index is 0.113. The zero-order valence-corrected chi connectivity index (χ0v) is 14.9. The standard InChI is InChI=1S/C22H20N2O3/c1-16(17-9-4-2-5-10-17)23-22(26)20(15-19-13-8-14-27-19)24-21(25)18-11-6-3-7-12-18/h2-16H,1H3,(H,23,26)(H,24,25)/b20-15-. The molecule has 1 atom stereocenters. The van der Waals surface area contributed by atoms with E-state index in [1.807, 2.05) is 43.3 Å². The molecule has 5 heteroatoms. The number of rotatable bonds is 6. The minimum Gasteiger partial charge on any atom is -0.465 e. The van der Waals surface area contributed by atoms with E-state index < -0.39 is 5.91 Å². The molecule has 3 rings (SSSR count). The third-order valence-electron chi connectivity index (χ3n) is 4.01. The zero-order chi connectivity index (χ0) is 19.1. The fourth-order valence-electron chi connectivity index (χ4n) is 2.56. The molecule has 5 nitrogen and oxygen atoms in total. The second-order valence-corrected chi connectivity index (χ2v) is 6.00. The van der Waals surface area contributed by atoms with Crippen molar-refractivity contribution in [3.05, 3.63) is 102 Å². The fourth-order valence-corrected chi connectivity index (χ4v) is 2.56. The second-order valence-electron chi connectivity index (χ2n) is 6.00. The first-order valence-corrected chi connectivity index (χ1v) is 8.61. The molecule has 27 heavy (non-hydrogen) atoms. The third-order valence-corrected chi connectivity index (χ3v) is 4.01. The quantitative estimate of drug-likeness (QED) is 0.654. The Hall–Kier alpha value is -3.60. The maximum absolute atomic E-state index is 12.8. The van der Waals surface area contributed by atoms with Gasteiger partial charge >= 0.3 is 0 Å². The van der Waals surface area contributed by atoms with Gasteiger partial charge in [0.1, 0.15) is 11.5 Å². The van der Waals surface area contributed by atoms with Crippen molar-refractivity contribution >= 4 is 17.9 Å². The summed E-state index contributed by atoms with van der Waals surface area (Å²) in [4.78, 5) is 25.3. The number of carbonyl (C=O) groups excluding carboxylic acids is 2. The van der Waals surface area contributed by atoms with Crippen molar-refractivity contribution in [1.29, 1.82) is 0 Å². The third kappa shape index (κ3) is 4.95. The normalized spacial score (nSPS) is 12.3. The average molecular weight is 360 g/mol. The first kappa shape index (κ1) is 18.2. The number of carbonyl (C=O) groups is 2. The maximum Gasteiger partial charge on any atom is 0.268 e. The van der Waals surface area contributed by atoms with E-state index in [9.17, 15) is 9.59 Å². The van der Waals surface area contributed by atoms with Gasteiger partial charge in [0.2, 0.25) is 0 Å². The van der Waals surface area contributed by atoms with Crippen LogP contribution in [-0.2, 0) is 4.79 Å². The van der Waals surface area contributed by atoms with E-state index in [2.05, 4.69) is 10.6 Å². The largest absolute Gasteiger partial charge is 0.465 e. The molecule has 2 aromatic carbocycles. The van der Waals surface area contributed by atoms with Crippen molar-refractivity contribution in [3.8, 4) is 0 Å². The van der Waals surface area contributed by atoms with Crippen LogP contribution in [0.1, 0.15) is 34.6 Å². The summed E-state index contributed by atoms with van der Waals surface area (Å²) < 4.78 is 5.28. The number of amides is 2. The van der Waals surface area contributed by atoms with Crippen molar-refractivity contribution in [2.24, 2.45) is 0 Å². The van der Waals surface area contributed by atoms with Gasteiger partial charge in [-0.1, -0.05) is 48.5 Å². The zero-order valence-electron chi connectivity index (χ0n) is 14.9. The van der Waals surface area contributed by atoms with Crippen molar-refractivity contribution in [2.45, 2.75) is 13.0 Å². The predicted octanol–water partition coefficient (Wildman–Crippen LogP) is 3.93. The van der Waals surface area contributed by atoms with E-state index >= 15 is 0 Å². The van der Waals surface area contributed by atoms with Crippen LogP contribution in [0.2, 0.25) is 0 Å². The van der Waals surface area contributed by atoms with E-state index in [1.165, 1.54) is 12.3 Å². The van der Waals surface area contributed by atoms with Gasteiger partial charge in [-0.15, -0.1) is 0 Å². The molecule has 0 aliphatic carbocycles. The Balaban J connectivity index is 1.79. The molecule has 1 heterocycles. The summed E-state index contributed by atoms with van der Waals surface area (Å²) in [5.74, 6) is -0.288. The highest BCUT2D eigenvalue weighted by Crippen LogP contribution is 2.13. The van der Waals surface area contributed by atoms with Gasteiger partial charge in [-0.3, -0.25) is 9.59 Å². The van der Waals surface area contributed by atoms with Gasteiger partial charge in [0.15, 0.2) is 0 Å². The van der Waals surface area contributed by atoms with Gasteiger partial charge in [0.05, 0.1) is 12.3 Å². The summed E-state index contributed by atoms with van der Waals surface area (Å²) in [6.45, 7) is 1.89. The summed E-state index contributed by atoms with van der Waals surface area (Å²) in [5, 5.41) is 5.58. The van der Waals surface area contributed by atoms with E-state index in [4.69, 9.17) is 4.42 Å². The summed E-state index contributed by atoms with van der Waals surface area (Å²) >= 11 is 0. The Bertz CT molecular complexity index is 917. The number of hydrogen-bond acceptors (Lipinski definition) is 3. The molecule has 3 aromatic rings. The maximum atomic E-state index is 12.8. The lowest BCUT2D eigenvalue weighted by Crippen LogP contribution is -2.36. The smallest absolute Gasteiger partial charge is 0.268 e. The van der Waals surface area contributed by atoms with Crippen LogP contribution in [0.15, 0.2) is 89.2 Å². The Labute approximate surface area is 157 Å². The molecule has 0 spiro atoms. The monoisotopic (exact) mass is 360 g/mol. The molecular formula is C22H20N2O3. The second kappa shape index (κ2) is 8.67. The lowest BCUT2D eigenvalue weighted by Gasteiger charge is -2.16. The number of nitrogens with one attached hydrogen (secondary N) is 2. The number of hydrogen-bond donors (Lipinski definition) is 2. The van der Waals surface area contributed by atoms with Crippen molar-refractivity contribution < 1.29 is 14.0 Å². The summed E-state index contributed by atoms with van der Waals surface area (Å²) in [6, 6.07) is 21.5. The van der Waals surface area contributed by atoms with Crippen LogP contribution < -0.4 is 10.6 Å². The van der Waals surface area contributed by atoms with Crippen molar-refractivity contribution in [2.75, 3.05) is 0 Å². The molecule has 2 amide bonds. The molecule has 1 unspecified atom stereocenters. The average Bonchev–Trinajstić information content (AvgIpc) is 3.22. The van der Waals surface area contributed by atoms with Crippen molar-refractivity contribution in [1.82, 2.24) is 10.6 Å². The van der Waals surface area contributed by atoms with E-state index in [0.717, 1.165) is 5.56 Å². The molecule has 0 radical (unpaired) electrons. The fraction of sp³-hybridized carbons (Fsp3) is 0.0909. The Morgan fingerprint density at radius 3 is 2.22 bits per heavy atom. The van der Waals surface area contributed by atoms with Gasteiger partial charge in [-0.2, -0.15) is 0 Å². The van der Waals surface area contributed by atoms with E-state index in [0.29, 0.717) is 11.3 Å². The number of furan rings is 1. The molecule has 0 saturated carbocycles. The van der Waals surface area contributed by atoms with E-state index in [-0.39, 0.29) is 17.6 Å². The van der Waals surface area contributed by atoms with E-state index in [1.54, 1.807) is 36.4 Å². The molecule has 0 fully saturated rings. The minimum atomic E-state index is -0.396. The van der Waals surface area contributed by atoms with Crippen LogP contribution in [0.5, 0.6) is 0 Å².